The Morgan fingerprint density at radius 1 is 1.12 bits per heavy atom. The van der Waals surface area contributed by atoms with Crippen LogP contribution in [0.2, 0.25) is 0 Å². The molecule has 1 aromatic heterocycles. The Morgan fingerprint density at radius 3 is 2.62 bits per heavy atom. The van der Waals surface area contributed by atoms with E-state index in [9.17, 15) is 4.79 Å². The zero-order valence-electron chi connectivity index (χ0n) is 18.9. The van der Waals surface area contributed by atoms with Crippen molar-refractivity contribution in [2.24, 2.45) is 4.99 Å². The van der Waals surface area contributed by atoms with E-state index in [1.165, 1.54) is 0 Å². The third-order valence-electron chi connectivity index (χ3n) is 6.55. The number of aliphatic imine (C=N–C) groups is 1. The molecule has 0 atom stereocenters. The highest BCUT2D eigenvalue weighted by Crippen LogP contribution is 2.43. The number of hydrogen-bond donors (Lipinski definition) is 1. The highest BCUT2D eigenvalue weighted by atomic mass is 16.5. The minimum absolute atomic E-state index is 0.165. The number of aromatic amines is 1. The zero-order chi connectivity index (χ0) is 22.3. The quantitative estimate of drug-likeness (QED) is 0.574. The van der Waals surface area contributed by atoms with E-state index in [2.05, 4.69) is 27.0 Å². The van der Waals surface area contributed by atoms with Crippen LogP contribution < -0.4 is 9.64 Å². The first-order valence-electron chi connectivity index (χ1n) is 11.2. The number of aromatic nitrogens is 2. The number of hydrogen-bond acceptors (Lipinski definition) is 5. The van der Waals surface area contributed by atoms with Crippen LogP contribution in [0, 0.1) is 0 Å². The van der Waals surface area contributed by atoms with Gasteiger partial charge in [0, 0.05) is 25.2 Å². The number of ether oxygens (including phenoxy) is 1. The van der Waals surface area contributed by atoms with Crippen molar-refractivity contribution in [3.8, 4) is 17.1 Å². The number of anilines is 1. The molecule has 3 heterocycles. The number of imidazole rings is 1. The van der Waals surface area contributed by atoms with Gasteiger partial charge in [-0.15, -0.1) is 0 Å². The molecule has 0 aliphatic carbocycles. The van der Waals surface area contributed by atoms with Gasteiger partial charge in [0.1, 0.15) is 11.6 Å². The number of rotatable bonds is 7. The molecule has 0 spiro atoms. The van der Waals surface area contributed by atoms with Gasteiger partial charge < -0.3 is 19.5 Å². The number of benzene rings is 2. The summed E-state index contributed by atoms with van der Waals surface area (Å²) in [6.07, 6.45) is 3.94. The van der Waals surface area contributed by atoms with E-state index in [4.69, 9.17) is 9.72 Å². The molecule has 7 heteroatoms. The Hall–Kier alpha value is -3.35. The number of amides is 1. The molecule has 2 aliphatic heterocycles. The second kappa shape index (κ2) is 7.97. The normalized spacial score (nSPS) is 16.9. The van der Waals surface area contributed by atoms with Crippen LogP contribution in [0.4, 0.5) is 5.69 Å². The summed E-state index contributed by atoms with van der Waals surface area (Å²) in [7, 11) is 1.66. The Balaban J connectivity index is 1.40. The number of methoxy groups -OCH3 is 1. The monoisotopic (exact) mass is 431 g/mol. The van der Waals surface area contributed by atoms with Crippen LogP contribution in [-0.4, -0.2) is 60.4 Å². The van der Waals surface area contributed by atoms with Crippen LogP contribution >= 0.6 is 0 Å². The van der Waals surface area contributed by atoms with Crippen molar-refractivity contribution < 1.29 is 9.53 Å². The van der Waals surface area contributed by atoms with Gasteiger partial charge in [-0.25, -0.2) is 4.98 Å². The second-order valence-corrected chi connectivity index (χ2v) is 9.05. The number of carbonyl (C=O) groups excluding carboxylic acids is 1. The maximum atomic E-state index is 13.2. The molecule has 1 amide bonds. The molecule has 2 aliphatic rings. The molecule has 0 bridgehead atoms. The summed E-state index contributed by atoms with van der Waals surface area (Å²) >= 11 is 0. The lowest BCUT2D eigenvalue weighted by Gasteiger charge is -2.21. The predicted octanol–water partition coefficient (Wildman–Crippen LogP) is 3.99. The van der Waals surface area contributed by atoms with Crippen LogP contribution in [-0.2, 0) is 10.2 Å². The molecule has 0 fully saturated rings. The molecule has 0 saturated carbocycles. The molecule has 5 rings (SSSR count). The lowest BCUT2D eigenvalue weighted by atomic mass is 9.86. The standard InChI is InChI=1S/C25H29N5O2/c1-25(2)19-14-20-21(28-23(27-20)17-6-8-18(32-3)9-7-17)15-22(19)30(24(25)31)12-5-4-11-29-13-10-26-16-29/h6-9,14-16H,4-5,10-13H2,1-3H3,(H,27,28). The Labute approximate surface area is 188 Å². The summed E-state index contributed by atoms with van der Waals surface area (Å²) in [5.74, 6) is 1.80. The molecule has 3 aromatic rings. The van der Waals surface area contributed by atoms with Crippen LogP contribution in [0.5, 0.6) is 5.75 Å². The number of fused-ring (bicyclic) bond motifs is 2. The summed E-state index contributed by atoms with van der Waals surface area (Å²) in [4.78, 5) is 29.9. The summed E-state index contributed by atoms with van der Waals surface area (Å²) in [6, 6.07) is 12.0. The van der Waals surface area contributed by atoms with E-state index >= 15 is 0 Å². The fraction of sp³-hybridized carbons (Fsp3) is 0.400. The summed E-state index contributed by atoms with van der Waals surface area (Å²) in [5, 5.41) is 0. The summed E-state index contributed by atoms with van der Waals surface area (Å²) in [6.45, 7) is 7.65. The summed E-state index contributed by atoms with van der Waals surface area (Å²) in [5.41, 5.74) is 4.33. The third-order valence-corrected chi connectivity index (χ3v) is 6.55. The number of unbranched alkanes of at least 4 members (excludes halogenated alkanes) is 1. The average Bonchev–Trinajstić information content (AvgIpc) is 3.50. The molecule has 0 saturated heterocycles. The van der Waals surface area contributed by atoms with Crippen molar-refractivity contribution in [3.05, 3.63) is 42.0 Å². The van der Waals surface area contributed by atoms with Gasteiger partial charge in [0.05, 0.1) is 42.1 Å². The summed E-state index contributed by atoms with van der Waals surface area (Å²) < 4.78 is 5.25. The number of nitrogens with one attached hydrogen (secondary N) is 1. The molecular formula is C25H29N5O2. The van der Waals surface area contributed by atoms with Crippen LogP contribution in [0.25, 0.3) is 22.4 Å². The van der Waals surface area contributed by atoms with Crippen molar-refractivity contribution in [3.63, 3.8) is 0 Å². The molecule has 7 nitrogen and oxygen atoms in total. The van der Waals surface area contributed by atoms with Crippen LogP contribution in [0.15, 0.2) is 41.4 Å². The first kappa shape index (κ1) is 20.5. The van der Waals surface area contributed by atoms with Crippen molar-refractivity contribution in [2.75, 3.05) is 38.2 Å². The Kier molecular flexibility index (Phi) is 5.12. The highest BCUT2D eigenvalue weighted by molar-refractivity contribution is 6.09. The zero-order valence-corrected chi connectivity index (χ0v) is 18.9. The fourth-order valence-corrected chi connectivity index (χ4v) is 4.61. The van der Waals surface area contributed by atoms with Gasteiger partial charge in [-0.2, -0.15) is 0 Å². The van der Waals surface area contributed by atoms with Gasteiger partial charge in [0.15, 0.2) is 0 Å². The molecule has 32 heavy (non-hydrogen) atoms. The Morgan fingerprint density at radius 2 is 1.91 bits per heavy atom. The number of carbonyl (C=O) groups is 1. The molecule has 0 radical (unpaired) electrons. The van der Waals surface area contributed by atoms with Gasteiger partial charge in [-0.05, 0) is 68.7 Å². The average molecular weight is 432 g/mol. The molecule has 0 unspecified atom stereocenters. The molecule has 1 N–H and O–H groups in total. The van der Waals surface area contributed by atoms with Gasteiger partial charge in [-0.1, -0.05) is 0 Å². The second-order valence-electron chi connectivity index (χ2n) is 9.05. The van der Waals surface area contributed by atoms with Gasteiger partial charge >= 0.3 is 0 Å². The first-order valence-corrected chi connectivity index (χ1v) is 11.2. The molecule has 166 valence electrons. The maximum Gasteiger partial charge on any atom is 0.237 e. The lowest BCUT2D eigenvalue weighted by molar-refractivity contribution is -0.122. The minimum atomic E-state index is -0.545. The van der Waals surface area contributed by atoms with Crippen molar-refractivity contribution in [1.29, 1.82) is 0 Å². The first-order chi connectivity index (χ1) is 15.5. The third kappa shape index (κ3) is 3.51. The fourth-order valence-electron chi connectivity index (χ4n) is 4.61. The van der Waals surface area contributed by atoms with E-state index in [-0.39, 0.29) is 5.91 Å². The van der Waals surface area contributed by atoms with E-state index in [0.29, 0.717) is 0 Å². The van der Waals surface area contributed by atoms with Gasteiger partial charge in [-0.3, -0.25) is 9.79 Å². The van der Waals surface area contributed by atoms with E-state index in [1.54, 1.807) is 7.11 Å². The Bertz CT molecular complexity index is 1180. The van der Waals surface area contributed by atoms with Crippen molar-refractivity contribution >= 4 is 29.0 Å². The van der Waals surface area contributed by atoms with E-state index in [1.807, 2.05) is 49.4 Å². The van der Waals surface area contributed by atoms with E-state index in [0.717, 1.165) is 78.4 Å². The smallest absolute Gasteiger partial charge is 0.237 e. The molecule has 2 aromatic carbocycles. The predicted molar refractivity (Wildman–Crippen MR) is 128 cm³/mol. The number of nitrogens with zero attached hydrogens (tertiary/aromatic N) is 4. The SMILES string of the molecule is COc1ccc(-c2nc3cc4c(cc3[nH]2)C(C)(C)C(=O)N4CCCCN2C=NCC2)cc1. The van der Waals surface area contributed by atoms with Crippen LogP contribution in [0.1, 0.15) is 32.3 Å². The van der Waals surface area contributed by atoms with Crippen molar-refractivity contribution in [1.82, 2.24) is 14.9 Å². The van der Waals surface area contributed by atoms with Gasteiger partial charge in [0.25, 0.3) is 0 Å². The van der Waals surface area contributed by atoms with Crippen LogP contribution in [0.3, 0.4) is 0 Å². The van der Waals surface area contributed by atoms with E-state index < -0.39 is 5.41 Å². The maximum absolute atomic E-state index is 13.2. The highest BCUT2D eigenvalue weighted by Gasteiger charge is 2.44. The van der Waals surface area contributed by atoms with Crippen molar-refractivity contribution in [2.45, 2.75) is 32.1 Å². The minimum Gasteiger partial charge on any atom is -0.497 e. The lowest BCUT2D eigenvalue weighted by Crippen LogP contribution is -2.37. The number of H-pyrrole nitrogens is 1. The molecular weight excluding hydrogens is 402 g/mol. The largest absolute Gasteiger partial charge is 0.497 e. The van der Waals surface area contributed by atoms with Gasteiger partial charge in [0.2, 0.25) is 5.91 Å². The topological polar surface area (TPSA) is 73.8 Å².